The van der Waals surface area contributed by atoms with Gasteiger partial charge >= 0.3 is 0 Å². The third kappa shape index (κ3) is 2.88. The van der Waals surface area contributed by atoms with E-state index in [2.05, 4.69) is 42.9 Å². The van der Waals surface area contributed by atoms with Crippen molar-refractivity contribution in [1.29, 1.82) is 0 Å². The molecular formula is C15H18BrN3O. The van der Waals surface area contributed by atoms with Crippen LogP contribution in [0.25, 0.3) is 0 Å². The van der Waals surface area contributed by atoms with Crippen LogP contribution in [0.15, 0.2) is 29.0 Å². The number of ether oxygens (including phenoxy) is 1. The summed E-state index contributed by atoms with van der Waals surface area (Å²) in [5.41, 5.74) is 2.54. The van der Waals surface area contributed by atoms with Crippen molar-refractivity contribution in [3.63, 3.8) is 0 Å². The van der Waals surface area contributed by atoms with E-state index in [-0.39, 0.29) is 0 Å². The largest absolute Gasteiger partial charge is 0.493 e. The molecule has 0 saturated carbocycles. The highest BCUT2D eigenvalue weighted by Gasteiger charge is 2.16. The molecule has 5 heteroatoms. The Bertz CT molecular complexity index is 609. The zero-order valence-electron chi connectivity index (χ0n) is 11.5. The molecule has 0 amide bonds. The predicted molar refractivity (Wildman–Crippen MR) is 82.0 cm³/mol. The maximum atomic E-state index is 5.73. The molecule has 106 valence electrons. The van der Waals surface area contributed by atoms with Gasteiger partial charge in [0.25, 0.3) is 0 Å². The first-order chi connectivity index (χ1) is 9.74. The van der Waals surface area contributed by atoms with E-state index in [0.717, 1.165) is 48.7 Å². The minimum atomic E-state index is 0.799. The van der Waals surface area contributed by atoms with Crippen LogP contribution < -0.4 is 10.1 Å². The highest BCUT2D eigenvalue weighted by Crippen LogP contribution is 2.32. The third-order valence-corrected chi connectivity index (χ3v) is 4.05. The Morgan fingerprint density at radius 1 is 1.45 bits per heavy atom. The van der Waals surface area contributed by atoms with Gasteiger partial charge < -0.3 is 14.6 Å². The van der Waals surface area contributed by atoms with Gasteiger partial charge in [0.2, 0.25) is 0 Å². The van der Waals surface area contributed by atoms with Gasteiger partial charge in [0.15, 0.2) is 0 Å². The fourth-order valence-electron chi connectivity index (χ4n) is 2.54. The van der Waals surface area contributed by atoms with Crippen LogP contribution in [0.5, 0.6) is 5.75 Å². The summed E-state index contributed by atoms with van der Waals surface area (Å²) >= 11 is 3.57. The van der Waals surface area contributed by atoms with Crippen LogP contribution in [0.2, 0.25) is 0 Å². The van der Waals surface area contributed by atoms with E-state index in [0.29, 0.717) is 0 Å². The number of aromatic nitrogens is 2. The molecule has 4 nitrogen and oxygen atoms in total. The number of imidazole rings is 1. The fraction of sp³-hybridized carbons (Fsp3) is 0.400. The molecule has 0 bridgehead atoms. The number of nitrogens with one attached hydrogen (secondary N) is 1. The molecule has 0 atom stereocenters. The van der Waals surface area contributed by atoms with E-state index in [1.807, 2.05) is 19.3 Å². The van der Waals surface area contributed by atoms with E-state index < -0.39 is 0 Å². The van der Waals surface area contributed by atoms with Crippen LogP contribution >= 0.6 is 15.9 Å². The second kappa shape index (κ2) is 5.97. The molecule has 1 aliphatic heterocycles. The van der Waals surface area contributed by atoms with Gasteiger partial charge in [-0.3, -0.25) is 0 Å². The molecule has 0 saturated heterocycles. The lowest BCUT2D eigenvalue weighted by Crippen LogP contribution is -2.20. The smallest absolute Gasteiger partial charge is 0.127 e. The molecule has 3 rings (SSSR count). The highest BCUT2D eigenvalue weighted by molar-refractivity contribution is 9.10. The van der Waals surface area contributed by atoms with Crippen molar-refractivity contribution in [3.05, 3.63) is 46.0 Å². The summed E-state index contributed by atoms with van der Waals surface area (Å²) in [6.07, 6.45) is 4.86. The first-order valence-electron chi connectivity index (χ1n) is 6.86. The first-order valence-corrected chi connectivity index (χ1v) is 7.66. The lowest BCUT2D eigenvalue weighted by atomic mass is 10.1. The average Bonchev–Trinajstić information content (AvgIpc) is 3.03. The third-order valence-electron chi connectivity index (χ3n) is 3.59. The Labute approximate surface area is 127 Å². The summed E-state index contributed by atoms with van der Waals surface area (Å²) in [7, 11) is 0. The van der Waals surface area contributed by atoms with Gasteiger partial charge in [0.05, 0.1) is 6.61 Å². The summed E-state index contributed by atoms with van der Waals surface area (Å²) < 4.78 is 9.01. The molecular weight excluding hydrogens is 318 g/mol. The number of hydrogen-bond acceptors (Lipinski definition) is 3. The monoisotopic (exact) mass is 335 g/mol. The second-order valence-electron chi connectivity index (χ2n) is 5.00. The lowest BCUT2D eigenvalue weighted by molar-refractivity contribution is 0.352. The summed E-state index contributed by atoms with van der Waals surface area (Å²) in [4.78, 5) is 4.22. The van der Waals surface area contributed by atoms with Crippen LogP contribution in [0, 0.1) is 6.92 Å². The van der Waals surface area contributed by atoms with Gasteiger partial charge in [-0.05, 0) is 24.6 Å². The van der Waals surface area contributed by atoms with Crippen molar-refractivity contribution in [2.45, 2.75) is 26.4 Å². The molecule has 2 heterocycles. The van der Waals surface area contributed by atoms with Gasteiger partial charge in [-0.25, -0.2) is 4.98 Å². The number of fused-ring (bicyclic) bond motifs is 1. The number of rotatable bonds is 5. The van der Waals surface area contributed by atoms with Crippen LogP contribution in [-0.2, 0) is 19.5 Å². The van der Waals surface area contributed by atoms with Crippen molar-refractivity contribution in [2.24, 2.45) is 0 Å². The Hall–Kier alpha value is -1.33. The zero-order chi connectivity index (χ0) is 13.9. The minimum absolute atomic E-state index is 0.799. The molecule has 1 aliphatic rings. The van der Waals surface area contributed by atoms with Crippen molar-refractivity contribution in [3.8, 4) is 5.75 Å². The molecule has 0 unspecified atom stereocenters. The molecule has 20 heavy (non-hydrogen) atoms. The van der Waals surface area contributed by atoms with E-state index in [1.54, 1.807) is 0 Å². The summed E-state index contributed by atoms with van der Waals surface area (Å²) in [6, 6.07) is 4.29. The maximum absolute atomic E-state index is 5.73. The Morgan fingerprint density at radius 2 is 2.35 bits per heavy atom. The van der Waals surface area contributed by atoms with Crippen molar-refractivity contribution >= 4 is 15.9 Å². The molecule has 0 fully saturated rings. The van der Waals surface area contributed by atoms with E-state index >= 15 is 0 Å². The summed E-state index contributed by atoms with van der Waals surface area (Å²) in [6.45, 7) is 5.50. The Balaban J connectivity index is 1.58. The van der Waals surface area contributed by atoms with Crippen molar-refractivity contribution < 1.29 is 4.74 Å². The Morgan fingerprint density at radius 3 is 3.15 bits per heavy atom. The van der Waals surface area contributed by atoms with Gasteiger partial charge in [-0.1, -0.05) is 15.9 Å². The predicted octanol–water partition coefficient (Wildman–Crippen LogP) is 2.68. The van der Waals surface area contributed by atoms with Crippen LogP contribution in [0.1, 0.15) is 17.0 Å². The number of nitrogens with zero attached hydrogens (tertiary/aromatic N) is 2. The van der Waals surface area contributed by atoms with Gasteiger partial charge in [0.1, 0.15) is 11.6 Å². The second-order valence-corrected chi connectivity index (χ2v) is 5.91. The molecule has 1 N–H and O–H groups in total. The number of halogens is 1. The fourth-order valence-corrected chi connectivity index (χ4v) is 3.09. The van der Waals surface area contributed by atoms with Gasteiger partial charge in [0, 0.05) is 48.5 Å². The van der Waals surface area contributed by atoms with Crippen LogP contribution in [0.4, 0.5) is 0 Å². The average molecular weight is 336 g/mol. The van der Waals surface area contributed by atoms with Crippen LogP contribution in [-0.4, -0.2) is 22.7 Å². The molecule has 1 aromatic heterocycles. The molecule has 1 aromatic carbocycles. The summed E-state index contributed by atoms with van der Waals surface area (Å²) in [5.74, 6) is 2.12. The molecule has 2 aromatic rings. The van der Waals surface area contributed by atoms with E-state index in [1.165, 1.54) is 11.1 Å². The number of benzene rings is 1. The molecule has 0 radical (unpaired) electrons. The first kappa shape index (κ1) is 13.6. The van der Waals surface area contributed by atoms with Gasteiger partial charge in [-0.15, -0.1) is 0 Å². The summed E-state index contributed by atoms with van der Waals surface area (Å²) in [5, 5.41) is 3.47. The molecule has 0 aliphatic carbocycles. The van der Waals surface area contributed by atoms with Crippen molar-refractivity contribution in [1.82, 2.24) is 14.9 Å². The van der Waals surface area contributed by atoms with Crippen LogP contribution in [0.3, 0.4) is 0 Å². The highest BCUT2D eigenvalue weighted by atomic mass is 79.9. The quantitative estimate of drug-likeness (QED) is 0.854. The van der Waals surface area contributed by atoms with Crippen molar-refractivity contribution in [2.75, 3.05) is 13.2 Å². The van der Waals surface area contributed by atoms with Gasteiger partial charge in [-0.2, -0.15) is 0 Å². The van der Waals surface area contributed by atoms with E-state index in [9.17, 15) is 0 Å². The van der Waals surface area contributed by atoms with E-state index in [4.69, 9.17) is 4.74 Å². The SMILES string of the molecule is Cc1nccn1CCNCc1cc(Br)cc2c1OCC2. The topological polar surface area (TPSA) is 39.1 Å². The molecule has 0 spiro atoms. The zero-order valence-corrected chi connectivity index (χ0v) is 13.1. The standard InChI is InChI=1S/C15H18BrN3O/c1-11-18-4-6-19(11)5-3-17-10-13-9-14(16)8-12-2-7-20-15(12)13/h4,6,8-9,17H,2-3,5,7,10H2,1H3. The number of hydrogen-bond donors (Lipinski definition) is 1. The lowest BCUT2D eigenvalue weighted by Gasteiger charge is -2.11. The minimum Gasteiger partial charge on any atom is -0.493 e. The Kier molecular flexibility index (Phi) is 4.08. The maximum Gasteiger partial charge on any atom is 0.127 e. The number of aryl methyl sites for hydroxylation is 1. The normalized spacial score (nSPS) is 13.3.